The zero-order chi connectivity index (χ0) is 15.9. The second-order valence-corrected chi connectivity index (χ2v) is 4.74. The molecule has 0 aliphatic rings. The fourth-order valence-corrected chi connectivity index (χ4v) is 1.92. The highest BCUT2D eigenvalue weighted by molar-refractivity contribution is 6.49. The highest BCUT2D eigenvalue weighted by Crippen LogP contribution is 2.11. The first-order valence-electron chi connectivity index (χ1n) is 7.04. The third kappa shape index (κ3) is 3.67. The van der Waals surface area contributed by atoms with Crippen molar-refractivity contribution in [2.75, 3.05) is 6.61 Å². The molecule has 0 heterocycles. The molecule has 4 heteroatoms. The predicted octanol–water partition coefficient (Wildman–Crippen LogP) is 3.32. The fraction of sp³-hybridized carbons (Fsp3) is 0.167. The average molecular weight is 296 g/mol. The molecule has 4 nitrogen and oxygen atoms in total. The molecule has 0 saturated carbocycles. The zero-order valence-corrected chi connectivity index (χ0v) is 12.2. The summed E-state index contributed by atoms with van der Waals surface area (Å²) in [4.78, 5) is 36.2. The number of esters is 1. The monoisotopic (exact) mass is 296 g/mol. The van der Waals surface area contributed by atoms with Crippen molar-refractivity contribution in [3.63, 3.8) is 0 Å². The van der Waals surface area contributed by atoms with Gasteiger partial charge in [-0.3, -0.25) is 9.59 Å². The Kier molecular flexibility index (Phi) is 5.20. The van der Waals surface area contributed by atoms with Gasteiger partial charge < -0.3 is 4.74 Å². The molecule has 0 aliphatic carbocycles. The Hall–Kier alpha value is -2.75. The van der Waals surface area contributed by atoms with Crippen LogP contribution in [0.2, 0.25) is 0 Å². The summed E-state index contributed by atoms with van der Waals surface area (Å²) in [5.41, 5.74) is 0.770. The maximum Gasteiger partial charge on any atom is 0.338 e. The third-order valence-corrected chi connectivity index (χ3v) is 3.04. The van der Waals surface area contributed by atoms with Crippen molar-refractivity contribution in [3.05, 3.63) is 71.3 Å². The normalized spacial score (nSPS) is 10.0. The zero-order valence-electron chi connectivity index (χ0n) is 12.2. The molecule has 0 radical (unpaired) electrons. The van der Waals surface area contributed by atoms with Crippen molar-refractivity contribution in [2.45, 2.75) is 13.3 Å². The molecular formula is C18H16O4. The van der Waals surface area contributed by atoms with Crippen LogP contribution in [0.4, 0.5) is 0 Å². The van der Waals surface area contributed by atoms with E-state index in [2.05, 4.69) is 0 Å². The van der Waals surface area contributed by atoms with E-state index in [-0.39, 0.29) is 11.1 Å². The van der Waals surface area contributed by atoms with Crippen molar-refractivity contribution in [3.8, 4) is 0 Å². The van der Waals surface area contributed by atoms with Crippen LogP contribution in [0.25, 0.3) is 0 Å². The Labute approximate surface area is 128 Å². The van der Waals surface area contributed by atoms with Crippen LogP contribution in [0.15, 0.2) is 54.6 Å². The summed E-state index contributed by atoms with van der Waals surface area (Å²) in [5.74, 6) is -1.74. The predicted molar refractivity (Wildman–Crippen MR) is 82.1 cm³/mol. The molecule has 0 spiro atoms. The maximum atomic E-state index is 12.2. The first-order valence-corrected chi connectivity index (χ1v) is 7.04. The van der Waals surface area contributed by atoms with Gasteiger partial charge in [0.05, 0.1) is 12.2 Å². The SMILES string of the molecule is CCCOC(=O)c1cccc(C(=O)C(=O)c2ccccc2)c1. The summed E-state index contributed by atoms with van der Waals surface area (Å²) >= 11 is 0. The molecule has 0 fully saturated rings. The van der Waals surface area contributed by atoms with Gasteiger partial charge in [-0.1, -0.05) is 49.4 Å². The Bertz CT molecular complexity index is 689. The van der Waals surface area contributed by atoms with Gasteiger partial charge in [0.25, 0.3) is 0 Å². The fourth-order valence-electron chi connectivity index (χ4n) is 1.92. The number of hydrogen-bond acceptors (Lipinski definition) is 4. The van der Waals surface area contributed by atoms with Crippen molar-refractivity contribution >= 4 is 17.5 Å². The molecule has 0 aromatic heterocycles. The Morgan fingerprint density at radius 2 is 1.41 bits per heavy atom. The quantitative estimate of drug-likeness (QED) is 0.466. The number of hydrogen-bond donors (Lipinski definition) is 0. The molecule has 112 valence electrons. The van der Waals surface area contributed by atoms with Gasteiger partial charge in [0.1, 0.15) is 0 Å². The van der Waals surface area contributed by atoms with Gasteiger partial charge in [0.2, 0.25) is 11.6 Å². The van der Waals surface area contributed by atoms with Gasteiger partial charge in [0.15, 0.2) is 0 Å². The standard InChI is InChI=1S/C18H16O4/c1-2-11-22-18(21)15-10-6-9-14(12-15)17(20)16(19)13-7-4-3-5-8-13/h3-10,12H,2,11H2,1H3. The van der Waals surface area contributed by atoms with Crippen LogP contribution in [0.1, 0.15) is 44.4 Å². The molecule has 2 aromatic rings. The lowest BCUT2D eigenvalue weighted by Crippen LogP contribution is -2.15. The molecular weight excluding hydrogens is 280 g/mol. The molecule has 2 rings (SSSR count). The maximum absolute atomic E-state index is 12.2. The van der Waals surface area contributed by atoms with Crippen molar-refractivity contribution < 1.29 is 19.1 Å². The summed E-state index contributed by atoms with van der Waals surface area (Å²) in [6.45, 7) is 2.21. The molecule has 2 aromatic carbocycles. The molecule has 22 heavy (non-hydrogen) atoms. The van der Waals surface area contributed by atoms with Gasteiger partial charge in [0, 0.05) is 11.1 Å². The Balaban J connectivity index is 2.20. The summed E-state index contributed by atoms with van der Waals surface area (Å²) in [5, 5.41) is 0. The lowest BCUT2D eigenvalue weighted by molar-refractivity contribution is 0.0505. The van der Waals surface area contributed by atoms with Crippen LogP contribution >= 0.6 is 0 Å². The number of carbonyl (C=O) groups excluding carboxylic acids is 3. The summed E-state index contributed by atoms with van der Waals surface area (Å²) in [6.07, 6.45) is 0.719. The lowest BCUT2D eigenvalue weighted by Gasteiger charge is -2.05. The molecule has 0 unspecified atom stereocenters. The summed E-state index contributed by atoms with van der Waals surface area (Å²) in [7, 11) is 0. The van der Waals surface area contributed by atoms with Gasteiger partial charge >= 0.3 is 5.97 Å². The van der Waals surface area contributed by atoms with E-state index in [0.717, 1.165) is 6.42 Å². The van der Waals surface area contributed by atoms with Crippen LogP contribution in [0.5, 0.6) is 0 Å². The Morgan fingerprint density at radius 1 is 0.818 bits per heavy atom. The van der Waals surface area contributed by atoms with E-state index in [1.807, 2.05) is 6.92 Å². The van der Waals surface area contributed by atoms with E-state index in [1.54, 1.807) is 42.5 Å². The molecule has 0 bridgehead atoms. The molecule has 0 amide bonds. The van der Waals surface area contributed by atoms with Crippen molar-refractivity contribution in [2.24, 2.45) is 0 Å². The molecule has 0 saturated heterocycles. The lowest BCUT2D eigenvalue weighted by atomic mass is 10.00. The minimum atomic E-state index is -0.642. The number of ether oxygens (including phenoxy) is 1. The minimum Gasteiger partial charge on any atom is -0.462 e. The van der Waals surface area contributed by atoms with E-state index in [4.69, 9.17) is 4.74 Å². The average Bonchev–Trinajstić information content (AvgIpc) is 2.59. The number of rotatable bonds is 6. The van der Waals surface area contributed by atoms with E-state index in [0.29, 0.717) is 12.2 Å². The first-order chi connectivity index (χ1) is 10.6. The van der Waals surface area contributed by atoms with E-state index in [9.17, 15) is 14.4 Å². The largest absolute Gasteiger partial charge is 0.462 e. The van der Waals surface area contributed by atoms with Crippen LogP contribution in [0.3, 0.4) is 0 Å². The second-order valence-electron chi connectivity index (χ2n) is 4.74. The van der Waals surface area contributed by atoms with Gasteiger partial charge in [-0.05, 0) is 18.6 Å². The van der Waals surface area contributed by atoms with Gasteiger partial charge in [-0.2, -0.15) is 0 Å². The Morgan fingerprint density at radius 3 is 2.09 bits per heavy atom. The smallest absolute Gasteiger partial charge is 0.338 e. The van der Waals surface area contributed by atoms with Crippen molar-refractivity contribution in [1.82, 2.24) is 0 Å². The summed E-state index contributed by atoms with van der Waals surface area (Å²) < 4.78 is 5.02. The van der Waals surface area contributed by atoms with Gasteiger partial charge in [-0.25, -0.2) is 4.79 Å². The topological polar surface area (TPSA) is 60.4 Å². The van der Waals surface area contributed by atoms with Crippen LogP contribution in [-0.4, -0.2) is 24.1 Å². The number of benzene rings is 2. The minimum absolute atomic E-state index is 0.180. The molecule has 0 atom stereocenters. The molecule has 0 N–H and O–H groups in total. The highest BCUT2D eigenvalue weighted by atomic mass is 16.5. The summed E-state index contributed by atoms with van der Waals surface area (Å²) in [6, 6.07) is 14.3. The third-order valence-electron chi connectivity index (χ3n) is 3.04. The van der Waals surface area contributed by atoms with Crippen LogP contribution in [-0.2, 0) is 4.74 Å². The van der Waals surface area contributed by atoms with E-state index >= 15 is 0 Å². The first kappa shape index (κ1) is 15.6. The van der Waals surface area contributed by atoms with Crippen molar-refractivity contribution in [1.29, 1.82) is 0 Å². The van der Waals surface area contributed by atoms with E-state index < -0.39 is 17.5 Å². The van der Waals surface area contributed by atoms with E-state index in [1.165, 1.54) is 12.1 Å². The number of ketones is 2. The van der Waals surface area contributed by atoms with Crippen LogP contribution in [0, 0.1) is 0 Å². The van der Waals surface area contributed by atoms with Crippen LogP contribution < -0.4 is 0 Å². The highest BCUT2D eigenvalue weighted by Gasteiger charge is 2.19. The number of carbonyl (C=O) groups is 3. The van der Waals surface area contributed by atoms with Gasteiger partial charge in [-0.15, -0.1) is 0 Å². The number of Topliss-reactive ketones (excluding diaryl/α,β-unsaturated/α-hetero) is 2. The molecule has 0 aliphatic heterocycles. The second kappa shape index (κ2) is 7.31.